The summed E-state index contributed by atoms with van der Waals surface area (Å²) in [4.78, 5) is 34.2. The molecule has 3 aromatic heterocycles. The highest BCUT2D eigenvalue weighted by atomic mass is 16.1. The van der Waals surface area contributed by atoms with Crippen molar-refractivity contribution in [3.05, 3.63) is 94.1 Å². The third-order valence-electron chi connectivity index (χ3n) is 5.58. The quantitative estimate of drug-likeness (QED) is 0.456. The van der Waals surface area contributed by atoms with Crippen LogP contribution in [0, 0.1) is 6.92 Å². The Hall–Kier alpha value is -4.07. The SMILES string of the molecule is CCn1ccc(CNC(=O)c2cc(-c3ccc(C)cn3)cc(-n3ncnc3C(C)C)c2)cc1=O. The summed E-state index contributed by atoms with van der Waals surface area (Å²) in [5.74, 6) is 0.712. The average molecular weight is 457 g/mol. The molecule has 1 aromatic carbocycles. The van der Waals surface area contributed by atoms with Gasteiger partial charge >= 0.3 is 0 Å². The zero-order valence-corrected chi connectivity index (χ0v) is 19.8. The smallest absolute Gasteiger partial charge is 0.251 e. The van der Waals surface area contributed by atoms with Gasteiger partial charge in [-0.15, -0.1) is 0 Å². The predicted molar refractivity (Wildman–Crippen MR) is 131 cm³/mol. The molecule has 1 N–H and O–H groups in total. The Morgan fingerprint density at radius 3 is 2.59 bits per heavy atom. The summed E-state index contributed by atoms with van der Waals surface area (Å²) in [5.41, 5.74) is 4.49. The Bertz CT molecular complexity index is 1370. The van der Waals surface area contributed by atoms with Gasteiger partial charge in [-0.2, -0.15) is 5.10 Å². The second-order valence-electron chi connectivity index (χ2n) is 8.52. The highest BCUT2D eigenvalue weighted by Crippen LogP contribution is 2.25. The maximum atomic E-state index is 13.1. The lowest BCUT2D eigenvalue weighted by molar-refractivity contribution is 0.0951. The molecule has 8 heteroatoms. The van der Waals surface area contributed by atoms with Gasteiger partial charge in [0.15, 0.2) is 0 Å². The van der Waals surface area contributed by atoms with Crippen LogP contribution >= 0.6 is 0 Å². The van der Waals surface area contributed by atoms with E-state index in [1.54, 1.807) is 33.8 Å². The van der Waals surface area contributed by atoms with Crippen molar-refractivity contribution in [3.8, 4) is 16.9 Å². The predicted octanol–water partition coefficient (Wildman–Crippen LogP) is 3.87. The molecule has 0 aliphatic heterocycles. The summed E-state index contributed by atoms with van der Waals surface area (Å²) >= 11 is 0. The summed E-state index contributed by atoms with van der Waals surface area (Å²) in [7, 11) is 0. The Labute approximate surface area is 198 Å². The van der Waals surface area contributed by atoms with E-state index in [2.05, 4.69) is 20.4 Å². The Balaban J connectivity index is 1.69. The van der Waals surface area contributed by atoms with Gasteiger partial charge in [0.25, 0.3) is 11.5 Å². The van der Waals surface area contributed by atoms with Gasteiger partial charge in [-0.05, 0) is 55.3 Å². The van der Waals surface area contributed by atoms with Gasteiger partial charge < -0.3 is 9.88 Å². The number of rotatable bonds is 7. The normalized spacial score (nSPS) is 11.1. The Kier molecular flexibility index (Phi) is 6.67. The van der Waals surface area contributed by atoms with E-state index in [0.717, 1.165) is 33.9 Å². The van der Waals surface area contributed by atoms with Crippen LogP contribution < -0.4 is 10.9 Å². The van der Waals surface area contributed by atoms with E-state index in [4.69, 9.17) is 0 Å². The van der Waals surface area contributed by atoms with Crippen molar-refractivity contribution in [3.63, 3.8) is 0 Å². The molecule has 174 valence electrons. The summed E-state index contributed by atoms with van der Waals surface area (Å²) in [6.07, 6.45) is 5.06. The summed E-state index contributed by atoms with van der Waals surface area (Å²) in [5, 5.41) is 7.32. The zero-order chi connectivity index (χ0) is 24.2. The lowest BCUT2D eigenvalue weighted by atomic mass is 10.0. The molecular formula is C26H28N6O2. The van der Waals surface area contributed by atoms with Crippen molar-refractivity contribution < 1.29 is 4.79 Å². The third-order valence-corrected chi connectivity index (χ3v) is 5.58. The van der Waals surface area contributed by atoms with Crippen LogP contribution in [0.4, 0.5) is 0 Å². The van der Waals surface area contributed by atoms with E-state index in [1.807, 2.05) is 58.0 Å². The molecule has 0 saturated heterocycles. The molecule has 0 aliphatic carbocycles. The van der Waals surface area contributed by atoms with Gasteiger partial charge in [0.05, 0.1) is 11.4 Å². The van der Waals surface area contributed by atoms with Crippen molar-refractivity contribution in [2.45, 2.75) is 46.7 Å². The molecule has 1 amide bonds. The lowest BCUT2D eigenvalue weighted by Crippen LogP contribution is -2.25. The largest absolute Gasteiger partial charge is 0.348 e. The minimum absolute atomic E-state index is 0.0867. The number of pyridine rings is 2. The van der Waals surface area contributed by atoms with Crippen molar-refractivity contribution in [1.29, 1.82) is 0 Å². The fourth-order valence-electron chi connectivity index (χ4n) is 3.70. The van der Waals surface area contributed by atoms with Crippen LogP contribution in [0.5, 0.6) is 0 Å². The maximum Gasteiger partial charge on any atom is 0.251 e. The first kappa shape index (κ1) is 23.1. The average Bonchev–Trinajstić information content (AvgIpc) is 3.33. The van der Waals surface area contributed by atoms with Crippen molar-refractivity contribution in [2.24, 2.45) is 0 Å². The number of carbonyl (C=O) groups excluding carboxylic acids is 1. The highest BCUT2D eigenvalue weighted by Gasteiger charge is 2.16. The second-order valence-corrected chi connectivity index (χ2v) is 8.52. The van der Waals surface area contributed by atoms with E-state index < -0.39 is 0 Å². The molecule has 4 rings (SSSR count). The number of amides is 1. The number of hydrogen-bond acceptors (Lipinski definition) is 5. The third kappa shape index (κ3) is 4.96. The summed E-state index contributed by atoms with van der Waals surface area (Å²) in [6, 6.07) is 12.9. The lowest BCUT2D eigenvalue weighted by Gasteiger charge is -2.13. The molecule has 8 nitrogen and oxygen atoms in total. The van der Waals surface area contributed by atoms with Gasteiger partial charge in [-0.1, -0.05) is 19.9 Å². The van der Waals surface area contributed by atoms with Crippen molar-refractivity contribution in [1.82, 2.24) is 29.6 Å². The topological polar surface area (TPSA) is 94.7 Å². The molecule has 0 unspecified atom stereocenters. The molecule has 34 heavy (non-hydrogen) atoms. The molecule has 4 aromatic rings. The number of benzene rings is 1. The van der Waals surface area contributed by atoms with Gasteiger partial charge in [-0.25, -0.2) is 9.67 Å². The number of nitrogens with zero attached hydrogens (tertiary/aromatic N) is 5. The number of carbonyl (C=O) groups is 1. The van der Waals surface area contributed by atoms with E-state index >= 15 is 0 Å². The number of aromatic nitrogens is 5. The van der Waals surface area contributed by atoms with Gasteiger partial charge in [0.2, 0.25) is 0 Å². The fraction of sp³-hybridized carbons (Fsp3) is 0.269. The monoisotopic (exact) mass is 456 g/mol. The first-order valence-electron chi connectivity index (χ1n) is 11.3. The standard InChI is InChI=1S/C26H28N6O2/c1-5-31-9-8-19(10-24(31)33)15-28-26(34)21-11-20(23-7-6-18(4)14-27-23)12-22(13-21)32-25(17(2)3)29-16-30-32/h6-14,16-17H,5,15H2,1-4H3,(H,28,34). The van der Waals surface area contributed by atoms with Gasteiger partial charge in [0.1, 0.15) is 12.2 Å². The molecule has 0 fully saturated rings. The van der Waals surface area contributed by atoms with Gasteiger partial charge in [-0.3, -0.25) is 14.6 Å². The van der Waals surface area contributed by atoms with Crippen LogP contribution in [0.3, 0.4) is 0 Å². The number of hydrogen-bond donors (Lipinski definition) is 1. The molecule has 0 aliphatic rings. The number of nitrogens with one attached hydrogen (secondary N) is 1. The van der Waals surface area contributed by atoms with Crippen molar-refractivity contribution >= 4 is 5.91 Å². The molecule has 0 spiro atoms. The highest BCUT2D eigenvalue weighted by molar-refractivity contribution is 5.96. The van der Waals surface area contributed by atoms with E-state index in [-0.39, 0.29) is 23.9 Å². The summed E-state index contributed by atoms with van der Waals surface area (Å²) in [6.45, 7) is 8.85. The Morgan fingerprint density at radius 2 is 1.91 bits per heavy atom. The fourth-order valence-corrected chi connectivity index (χ4v) is 3.70. The van der Waals surface area contributed by atoms with Crippen LogP contribution in [-0.2, 0) is 13.1 Å². The van der Waals surface area contributed by atoms with Crippen molar-refractivity contribution in [2.75, 3.05) is 0 Å². The molecule has 0 atom stereocenters. The van der Waals surface area contributed by atoms with Crippen LogP contribution in [0.25, 0.3) is 16.9 Å². The zero-order valence-electron chi connectivity index (χ0n) is 19.8. The van der Waals surface area contributed by atoms with Crippen LogP contribution in [-0.4, -0.2) is 30.2 Å². The first-order valence-corrected chi connectivity index (χ1v) is 11.3. The molecule has 0 bridgehead atoms. The number of aryl methyl sites for hydroxylation is 2. The van der Waals surface area contributed by atoms with Gasteiger partial charge in [0, 0.05) is 48.6 Å². The maximum absolute atomic E-state index is 13.1. The van der Waals surface area contributed by atoms with E-state index in [0.29, 0.717) is 12.1 Å². The summed E-state index contributed by atoms with van der Waals surface area (Å²) < 4.78 is 3.36. The minimum atomic E-state index is -0.249. The van der Waals surface area contributed by atoms with E-state index in [1.165, 1.54) is 6.33 Å². The molecule has 0 radical (unpaired) electrons. The second kappa shape index (κ2) is 9.82. The first-order chi connectivity index (χ1) is 16.4. The van der Waals surface area contributed by atoms with Crippen LogP contribution in [0.1, 0.15) is 54.0 Å². The van der Waals surface area contributed by atoms with E-state index in [9.17, 15) is 9.59 Å². The van der Waals surface area contributed by atoms with Crippen LogP contribution in [0.15, 0.2) is 66.0 Å². The van der Waals surface area contributed by atoms with Crippen LogP contribution in [0.2, 0.25) is 0 Å². The minimum Gasteiger partial charge on any atom is -0.348 e. The molecular weight excluding hydrogens is 428 g/mol. The molecule has 3 heterocycles. The molecule has 0 saturated carbocycles. The Morgan fingerprint density at radius 1 is 1.09 bits per heavy atom.